The quantitative estimate of drug-likeness (QED) is 0.612. The molecule has 0 bridgehead atoms. The Balaban J connectivity index is 2.14. The van der Waals surface area contributed by atoms with Gasteiger partial charge >= 0.3 is 0 Å². The maximum Gasteiger partial charge on any atom is 0.254 e. The van der Waals surface area contributed by atoms with E-state index < -0.39 is 0 Å². The van der Waals surface area contributed by atoms with Crippen molar-refractivity contribution in [3.63, 3.8) is 0 Å². The molecule has 6 heteroatoms. The van der Waals surface area contributed by atoms with Gasteiger partial charge < -0.3 is 4.90 Å². The molecule has 1 saturated heterocycles. The van der Waals surface area contributed by atoms with Crippen molar-refractivity contribution in [2.45, 2.75) is 56.9 Å². The number of likely N-dealkylation sites (tertiary alicyclic amines) is 1. The predicted molar refractivity (Wildman–Crippen MR) is 93.8 cm³/mol. The maximum atomic E-state index is 12.8. The molecule has 2 rings (SSSR count). The molecule has 1 atom stereocenters. The molecule has 1 fully saturated rings. The summed E-state index contributed by atoms with van der Waals surface area (Å²) in [6, 6.07) is 1.57. The maximum absolute atomic E-state index is 12.8. The molecule has 1 amide bonds. The Kier molecular flexibility index (Phi) is 6.27. The summed E-state index contributed by atoms with van der Waals surface area (Å²) in [5.74, 6) is 0.885. The van der Waals surface area contributed by atoms with Gasteiger partial charge in [0.2, 0.25) is 5.91 Å². The first-order chi connectivity index (χ1) is 11.0. The zero-order chi connectivity index (χ0) is 17.0. The van der Waals surface area contributed by atoms with Crippen molar-refractivity contribution < 1.29 is 4.79 Å². The molecule has 2 heterocycles. The summed E-state index contributed by atoms with van der Waals surface area (Å²) in [5, 5.41) is 0.466. The summed E-state index contributed by atoms with van der Waals surface area (Å²) in [6.45, 7) is 7.93. The summed E-state index contributed by atoms with van der Waals surface area (Å²) in [5.41, 5.74) is 0.721. The molecular weight excluding hydrogens is 310 g/mol. The summed E-state index contributed by atoms with van der Waals surface area (Å²) in [4.78, 5) is 31.3. The number of amides is 1. The van der Waals surface area contributed by atoms with E-state index in [1.54, 1.807) is 13.1 Å². The topological polar surface area (TPSA) is 55.2 Å². The highest BCUT2D eigenvalue weighted by atomic mass is 32.2. The number of piperidine rings is 1. The first-order valence-corrected chi connectivity index (χ1v) is 9.36. The fourth-order valence-corrected chi connectivity index (χ4v) is 3.81. The zero-order valence-corrected chi connectivity index (χ0v) is 15.4. The average Bonchev–Trinajstić information content (AvgIpc) is 2.56. The van der Waals surface area contributed by atoms with Gasteiger partial charge in [-0.25, -0.2) is 4.98 Å². The molecule has 0 radical (unpaired) electrons. The second-order valence-corrected chi connectivity index (χ2v) is 7.47. The Morgan fingerprint density at radius 2 is 2.04 bits per heavy atom. The minimum Gasteiger partial charge on any atom is -0.342 e. The number of thioether (sulfide) groups is 1. The van der Waals surface area contributed by atoms with Crippen LogP contribution in [-0.2, 0) is 18.3 Å². The lowest BCUT2D eigenvalue weighted by Crippen LogP contribution is -2.42. The van der Waals surface area contributed by atoms with Crippen LogP contribution in [-0.4, -0.2) is 38.7 Å². The Hall–Kier alpha value is -1.30. The van der Waals surface area contributed by atoms with E-state index in [-0.39, 0.29) is 16.7 Å². The Morgan fingerprint density at radius 3 is 2.61 bits per heavy atom. The van der Waals surface area contributed by atoms with Gasteiger partial charge in [-0.3, -0.25) is 14.2 Å². The number of nitrogens with zero attached hydrogens (tertiary/aromatic N) is 3. The number of carbonyl (C=O) groups excluding carboxylic acids is 1. The minimum absolute atomic E-state index is 0.0616. The molecule has 0 aliphatic carbocycles. The van der Waals surface area contributed by atoms with E-state index >= 15 is 0 Å². The Bertz CT molecular complexity index is 606. The van der Waals surface area contributed by atoms with Gasteiger partial charge in [-0.15, -0.1) is 0 Å². The lowest BCUT2D eigenvalue weighted by atomic mass is 9.99. The van der Waals surface area contributed by atoms with Crippen LogP contribution in [0.4, 0.5) is 0 Å². The van der Waals surface area contributed by atoms with Crippen LogP contribution in [0.15, 0.2) is 16.0 Å². The molecule has 1 aliphatic rings. The van der Waals surface area contributed by atoms with Crippen molar-refractivity contribution in [3.05, 3.63) is 22.1 Å². The molecule has 0 aromatic carbocycles. The second-order valence-electron chi connectivity index (χ2n) is 6.30. The number of rotatable bonds is 5. The molecule has 1 aromatic heterocycles. The van der Waals surface area contributed by atoms with Gasteiger partial charge in [0.05, 0.1) is 5.25 Å². The minimum atomic E-state index is -0.173. The summed E-state index contributed by atoms with van der Waals surface area (Å²) in [6.07, 6.45) is 3.62. The highest BCUT2D eigenvalue weighted by Crippen LogP contribution is 2.26. The van der Waals surface area contributed by atoms with Crippen LogP contribution < -0.4 is 5.56 Å². The van der Waals surface area contributed by atoms with Crippen molar-refractivity contribution in [1.29, 1.82) is 0 Å². The second kappa shape index (κ2) is 7.99. The number of aromatic nitrogens is 2. The van der Waals surface area contributed by atoms with Crippen molar-refractivity contribution in [2.24, 2.45) is 13.0 Å². The van der Waals surface area contributed by atoms with E-state index in [1.165, 1.54) is 16.3 Å². The molecular formula is C17H27N3O2S. The normalized spacial score (nSPS) is 17.3. The molecule has 128 valence electrons. The number of hydrogen-bond acceptors (Lipinski definition) is 4. The number of aryl methyl sites for hydroxylation is 1. The van der Waals surface area contributed by atoms with Crippen molar-refractivity contribution in [3.8, 4) is 0 Å². The molecule has 0 spiro atoms. The van der Waals surface area contributed by atoms with E-state index in [1.807, 2.05) is 18.7 Å². The largest absolute Gasteiger partial charge is 0.342 e. The van der Waals surface area contributed by atoms with E-state index in [9.17, 15) is 9.59 Å². The molecule has 1 unspecified atom stereocenters. The average molecular weight is 337 g/mol. The third-order valence-electron chi connectivity index (χ3n) is 4.50. The number of hydrogen-bond donors (Lipinski definition) is 0. The highest BCUT2D eigenvalue weighted by Gasteiger charge is 2.27. The van der Waals surface area contributed by atoms with E-state index in [0.717, 1.165) is 44.5 Å². The lowest BCUT2D eigenvalue weighted by molar-refractivity contribution is -0.131. The number of carbonyl (C=O) groups is 1. The van der Waals surface area contributed by atoms with Gasteiger partial charge in [0.1, 0.15) is 0 Å². The van der Waals surface area contributed by atoms with Gasteiger partial charge in [-0.05, 0) is 31.6 Å². The standard InChI is InChI=1S/C17H27N3O2S/c1-5-13-11-15(21)19(4)17(18-13)23-14(6-2)16(22)20-9-7-12(3)8-10-20/h11-12,14H,5-10H2,1-4H3. The molecule has 0 N–H and O–H groups in total. The van der Waals surface area contributed by atoms with Crippen LogP contribution in [0.1, 0.15) is 45.7 Å². The molecule has 0 saturated carbocycles. The van der Waals surface area contributed by atoms with Gasteiger partial charge in [-0.2, -0.15) is 0 Å². The van der Waals surface area contributed by atoms with Crippen LogP contribution >= 0.6 is 11.8 Å². The molecule has 23 heavy (non-hydrogen) atoms. The van der Waals surface area contributed by atoms with Gasteiger partial charge in [0.15, 0.2) is 5.16 Å². The van der Waals surface area contributed by atoms with Crippen molar-refractivity contribution in [2.75, 3.05) is 13.1 Å². The fourth-order valence-electron chi connectivity index (χ4n) is 2.72. The fraction of sp³-hybridized carbons (Fsp3) is 0.706. The molecule has 5 nitrogen and oxygen atoms in total. The van der Waals surface area contributed by atoms with E-state index in [4.69, 9.17) is 0 Å². The zero-order valence-electron chi connectivity index (χ0n) is 14.5. The third kappa shape index (κ3) is 4.37. The van der Waals surface area contributed by atoms with Crippen molar-refractivity contribution >= 4 is 17.7 Å². The monoisotopic (exact) mass is 337 g/mol. The third-order valence-corrected chi connectivity index (χ3v) is 5.89. The molecule has 1 aliphatic heterocycles. The van der Waals surface area contributed by atoms with Gasteiger partial charge in [-0.1, -0.05) is 32.5 Å². The first-order valence-electron chi connectivity index (χ1n) is 8.48. The highest BCUT2D eigenvalue weighted by molar-refractivity contribution is 8.00. The summed E-state index contributed by atoms with van der Waals surface area (Å²) < 4.78 is 1.54. The smallest absolute Gasteiger partial charge is 0.254 e. The van der Waals surface area contributed by atoms with Gasteiger partial charge in [0, 0.05) is 31.9 Å². The SMILES string of the molecule is CCc1cc(=O)n(C)c(SC(CC)C(=O)N2CCC(C)CC2)n1. The Morgan fingerprint density at radius 1 is 1.39 bits per heavy atom. The van der Waals surface area contributed by atoms with Crippen LogP contribution in [0.2, 0.25) is 0 Å². The van der Waals surface area contributed by atoms with E-state index in [0.29, 0.717) is 11.1 Å². The summed E-state index contributed by atoms with van der Waals surface area (Å²) in [7, 11) is 1.72. The van der Waals surface area contributed by atoms with Crippen LogP contribution in [0.25, 0.3) is 0 Å². The van der Waals surface area contributed by atoms with Crippen molar-refractivity contribution in [1.82, 2.24) is 14.5 Å². The molecule has 1 aromatic rings. The van der Waals surface area contributed by atoms with Gasteiger partial charge in [0.25, 0.3) is 5.56 Å². The predicted octanol–water partition coefficient (Wildman–Crippen LogP) is 2.47. The summed E-state index contributed by atoms with van der Waals surface area (Å²) >= 11 is 1.42. The van der Waals surface area contributed by atoms with Crippen LogP contribution in [0.3, 0.4) is 0 Å². The first kappa shape index (κ1) is 18.0. The van der Waals surface area contributed by atoms with E-state index in [2.05, 4.69) is 11.9 Å². The van der Waals surface area contributed by atoms with Crippen LogP contribution in [0, 0.1) is 5.92 Å². The Labute approximate surface area is 142 Å². The lowest BCUT2D eigenvalue weighted by Gasteiger charge is -2.32. The van der Waals surface area contributed by atoms with Crippen LogP contribution in [0.5, 0.6) is 0 Å².